The van der Waals surface area contributed by atoms with Crippen molar-refractivity contribution in [1.82, 2.24) is 15.6 Å². The highest BCUT2D eigenvalue weighted by molar-refractivity contribution is 9.11. The summed E-state index contributed by atoms with van der Waals surface area (Å²) in [5.74, 6) is -0.430. The number of benzene rings is 2. The summed E-state index contributed by atoms with van der Waals surface area (Å²) >= 11 is 12.4. The fourth-order valence-corrected chi connectivity index (χ4v) is 3.50. The first kappa shape index (κ1) is 18.6. The van der Waals surface area contributed by atoms with Crippen LogP contribution in [0.25, 0.3) is 11.3 Å². The Hall–Kier alpha value is -2.16. The average molecular weight is 499 g/mol. The molecule has 0 aliphatic rings. The third-order valence-electron chi connectivity index (χ3n) is 3.39. The zero-order valence-electron chi connectivity index (χ0n) is 13.0. The second kappa shape index (κ2) is 8.03. The van der Waals surface area contributed by atoms with Crippen LogP contribution in [0.5, 0.6) is 5.75 Å². The van der Waals surface area contributed by atoms with E-state index < -0.39 is 5.91 Å². The van der Waals surface area contributed by atoms with Crippen molar-refractivity contribution >= 4 is 55.6 Å². The first-order chi connectivity index (χ1) is 12.4. The lowest BCUT2D eigenvalue weighted by molar-refractivity contribution is 0.0950. The molecule has 0 atom stereocenters. The number of nitrogens with zero attached hydrogens (tertiary/aromatic N) is 2. The average Bonchev–Trinajstić information content (AvgIpc) is 3.09. The predicted octanol–water partition coefficient (Wildman–Crippen LogP) is 4.72. The smallest absolute Gasteiger partial charge is 0.289 e. The molecule has 26 heavy (non-hydrogen) atoms. The van der Waals surface area contributed by atoms with Crippen LogP contribution in [0, 0.1) is 0 Å². The second-order valence-corrected chi connectivity index (χ2v) is 7.40. The Kier molecular flexibility index (Phi) is 5.75. The van der Waals surface area contributed by atoms with Crippen LogP contribution in [0.1, 0.15) is 16.1 Å². The van der Waals surface area contributed by atoms with Crippen molar-refractivity contribution in [3.05, 3.63) is 67.7 Å². The highest BCUT2D eigenvalue weighted by Crippen LogP contribution is 2.30. The van der Waals surface area contributed by atoms with Crippen LogP contribution in [-0.4, -0.2) is 27.4 Å². The minimum atomic E-state index is -0.456. The molecule has 0 radical (unpaired) electrons. The van der Waals surface area contributed by atoms with E-state index in [0.29, 0.717) is 20.8 Å². The normalized spacial score (nSPS) is 11.0. The van der Waals surface area contributed by atoms with Crippen LogP contribution >= 0.6 is 43.5 Å². The summed E-state index contributed by atoms with van der Waals surface area (Å²) in [7, 11) is 0. The number of aromatic amines is 1. The number of rotatable bonds is 4. The number of hydrazone groups is 1. The number of hydrogen-bond donors (Lipinski definition) is 3. The molecular formula is C17H11Br2ClN4O2. The molecule has 132 valence electrons. The van der Waals surface area contributed by atoms with Crippen LogP contribution < -0.4 is 5.43 Å². The van der Waals surface area contributed by atoms with Crippen molar-refractivity contribution in [2.75, 3.05) is 0 Å². The van der Waals surface area contributed by atoms with E-state index in [9.17, 15) is 9.90 Å². The number of halogens is 3. The molecule has 3 aromatic rings. The summed E-state index contributed by atoms with van der Waals surface area (Å²) < 4.78 is 1.27. The van der Waals surface area contributed by atoms with Crippen molar-refractivity contribution in [2.24, 2.45) is 5.10 Å². The molecule has 0 spiro atoms. The van der Waals surface area contributed by atoms with E-state index in [2.05, 4.69) is 52.6 Å². The molecule has 0 saturated carbocycles. The van der Waals surface area contributed by atoms with Gasteiger partial charge in [0.25, 0.3) is 5.91 Å². The summed E-state index contributed by atoms with van der Waals surface area (Å²) in [4.78, 5) is 12.2. The molecular weight excluding hydrogens is 487 g/mol. The Morgan fingerprint density at radius 1 is 1.23 bits per heavy atom. The van der Waals surface area contributed by atoms with Gasteiger partial charge in [0.2, 0.25) is 0 Å². The highest BCUT2D eigenvalue weighted by atomic mass is 79.9. The van der Waals surface area contributed by atoms with Crippen molar-refractivity contribution in [3.8, 4) is 17.0 Å². The molecule has 1 heterocycles. The van der Waals surface area contributed by atoms with Gasteiger partial charge >= 0.3 is 0 Å². The summed E-state index contributed by atoms with van der Waals surface area (Å²) in [5, 5.41) is 21.2. The molecule has 1 amide bonds. The minimum Gasteiger partial charge on any atom is -0.506 e. The van der Waals surface area contributed by atoms with Gasteiger partial charge in [-0.2, -0.15) is 10.2 Å². The maximum Gasteiger partial charge on any atom is 0.289 e. The van der Waals surface area contributed by atoms with E-state index in [1.165, 1.54) is 6.21 Å². The zero-order valence-corrected chi connectivity index (χ0v) is 16.9. The van der Waals surface area contributed by atoms with E-state index in [1.54, 1.807) is 30.3 Å². The standard InChI is InChI=1S/C17H11Br2ClN4O2/c18-11-5-10(16(25)13(19)6-11)8-21-24-17(26)15-7-14(22-23-15)9-1-3-12(20)4-2-9/h1-8,25H,(H,22,23)(H,24,26)/b21-8+. The lowest BCUT2D eigenvalue weighted by Gasteiger charge is -2.02. The fourth-order valence-electron chi connectivity index (χ4n) is 2.11. The molecule has 0 fully saturated rings. The fraction of sp³-hybridized carbons (Fsp3) is 0. The van der Waals surface area contributed by atoms with Gasteiger partial charge in [0.1, 0.15) is 11.4 Å². The summed E-state index contributed by atoms with van der Waals surface area (Å²) in [6, 6.07) is 12.1. The molecule has 0 aliphatic carbocycles. The number of carbonyl (C=O) groups excluding carboxylic acids is 1. The lowest BCUT2D eigenvalue weighted by Crippen LogP contribution is -2.18. The van der Waals surface area contributed by atoms with Crippen molar-refractivity contribution in [1.29, 1.82) is 0 Å². The van der Waals surface area contributed by atoms with E-state index in [1.807, 2.05) is 12.1 Å². The zero-order chi connectivity index (χ0) is 18.7. The van der Waals surface area contributed by atoms with Gasteiger partial charge in [-0.3, -0.25) is 9.89 Å². The van der Waals surface area contributed by atoms with Crippen LogP contribution in [-0.2, 0) is 0 Å². The number of amides is 1. The van der Waals surface area contributed by atoms with Gasteiger partial charge in [-0.05, 0) is 46.3 Å². The molecule has 0 bridgehead atoms. The van der Waals surface area contributed by atoms with Gasteiger partial charge in [0.15, 0.2) is 0 Å². The van der Waals surface area contributed by atoms with Crippen molar-refractivity contribution < 1.29 is 9.90 Å². The quantitative estimate of drug-likeness (QED) is 0.359. The lowest BCUT2D eigenvalue weighted by atomic mass is 10.1. The molecule has 0 saturated heterocycles. The molecule has 6 nitrogen and oxygen atoms in total. The first-order valence-corrected chi connectivity index (χ1v) is 9.23. The topological polar surface area (TPSA) is 90.4 Å². The maximum absolute atomic E-state index is 12.2. The number of phenols is 1. The summed E-state index contributed by atoms with van der Waals surface area (Å²) in [6.45, 7) is 0. The monoisotopic (exact) mass is 496 g/mol. The molecule has 9 heteroatoms. The van der Waals surface area contributed by atoms with Crippen LogP contribution in [0.3, 0.4) is 0 Å². The number of H-pyrrole nitrogens is 1. The molecule has 3 rings (SSSR count). The van der Waals surface area contributed by atoms with Crippen LogP contribution in [0.2, 0.25) is 5.02 Å². The number of nitrogens with one attached hydrogen (secondary N) is 2. The van der Waals surface area contributed by atoms with E-state index in [4.69, 9.17) is 11.6 Å². The van der Waals surface area contributed by atoms with Crippen molar-refractivity contribution in [3.63, 3.8) is 0 Å². The summed E-state index contributed by atoms with van der Waals surface area (Å²) in [5.41, 5.74) is 4.53. The first-order valence-electron chi connectivity index (χ1n) is 7.27. The maximum atomic E-state index is 12.2. The Labute approximate surface area is 170 Å². The Bertz CT molecular complexity index is 987. The van der Waals surface area contributed by atoms with Gasteiger partial charge in [0, 0.05) is 20.6 Å². The van der Waals surface area contributed by atoms with E-state index in [0.717, 1.165) is 10.0 Å². The van der Waals surface area contributed by atoms with Crippen LogP contribution in [0.4, 0.5) is 0 Å². The van der Waals surface area contributed by atoms with E-state index >= 15 is 0 Å². The van der Waals surface area contributed by atoms with Gasteiger partial charge < -0.3 is 5.11 Å². The minimum absolute atomic E-state index is 0.0257. The Morgan fingerprint density at radius 3 is 2.69 bits per heavy atom. The Balaban J connectivity index is 1.70. The molecule has 2 aromatic carbocycles. The molecule has 3 N–H and O–H groups in total. The predicted molar refractivity (Wildman–Crippen MR) is 108 cm³/mol. The van der Waals surface area contributed by atoms with Gasteiger partial charge in [0.05, 0.1) is 16.4 Å². The van der Waals surface area contributed by atoms with E-state index in [-0.39, 0.29) is 11.4 Å². The van der Waals surface area contributed by atoms with Gasteiger partial charge in [-0.25, -0.2) is 5.43 Å². The van der Waals surface area contributed by atoms with Gasteiger partial charge in [-0.15, -0.1) is 0 Å². The third kappa shape index (κ3) is 4.32. The van der Waals surface area contributed by atoms with Crippen LogP contribution in [0.15, 0.2) is 56.5 Å². The van der Waals surface area contributed by atoms with Crippen molar-refractivity contribution in [2.45, 2.75) is 0 Å². The highest BCUT2D eigenvalue weighted by Gasteiger charge is 2.11. The molecule has 1 aromatic heterocycles. The second-order valence-electron chi connectivity index (χ2n) is 5.20. The largest absolute Gasteiger partial charge is 0.506 e. The third-order valence-corrected chi connectivity index (χ3v) is 4.70. The number of aromatic hydroxyl groups is 1. The van der Waals surface area contributed by atoms with Gasteiger partial charge in [-0.1, -0.05) is 39.7 Å². The number of carbonyl (C=O) groups is 1. The molecule has 0 unspecified atom stereocenters. The number of hydrogen-bond acceptors (Lipinski definition) is 4. The Morgan fingerprint density at radius 2 is 1.96 bits per heavy atom. The number of aromatic nitrogens is 2. The SMILES string of the molecule is O=C(N/N=C/c1cc(Br)cc(Br)c1O)c1cc(-c2ccc(Cl)cc2)n[nH]1. The number of phenolic OH excluding ortho intramolecular Hbond substituents is 1. The molecule has 0 aliphatic heterocycles. The summed E-state index contributed by atoms with van der Waals surface area (Å²) in [6.07, 6.45) is 1.35.